The van der Waals surface area contributed by atoms with Crippen molar-refractivity contribution >= 4 is 35.7 Å². The second-order valence-electron chi connectivity index (χ2n) is 4.16. The zero-order valence-electron chi connectivity index (χ0n) is 10.5. The molecule has 2 rings (SSSR count). The van der Waals surface area contributed by atoms with Gasteiger partial charge in [0, 0.05) is 29.8 Å². The van der Waals surface area contributed by atoms with Gasteiger partial charge in [-0.1, -0.05) is 13.0 Å². The lowest BCUT2D eigenvalue weighted by molar-refractivity contribution is 0.606. The van der Waals surface area contributed by atoms with E-state index in [1.165, 1.54) is 12.3 Å². The van der Waals surface area contributed by atoms with Gasteiger partial charge in [0.05, 0.1) is 4.47 Å². The number of aryl methyl sites for hydroxylation is 1. The van der Waals surface area contributed by atoms with Crippen LogP contribution in [-0.2, 0) is 22.0 Å². The molecular formula is C12H11BrClFN2O2S. The highest BCUT2D eigenvalue weighted by Gasteiger charge is 2.17. The molecule has 8 heteroatoms. The van der Waals surface area contributed by atoms with Crippen molar-refractivity contribution in [3.8, 4) is 0 Å². The predicted molar refractivity (Wildman–Crippen MR) is 77.8 cm³/mol. The van der Waals surface area contributed by atoms with E-state index in [0.717, 1.165) is 5.56 Å². The Hall–Kier alpha value is -0.920. The molecule has 20 heavy (non-hydrogen) atoms. The number of rotatable bonds is 4. The van der Waals surface area contributed by atoms with E-state index in [-0.39, 0.29) is 10.8 Å². The minimum atomic E-state index is -3.85. The molecule has 1 aromatic carbocycles. The van der Waals surface area contributed by atoms with Crippen molar-refractivity contribution in [1.82, 2.24) is 9.55 Å². The van der Waals surface area contributed by atoms with E-state index >= 15 is 0 Å². The molecule has 0 bridgehead atoms. The van der Waals surface area contributed by atoms with Gasteiger partial charge in [-0.2, -0.15) is 0 Å². The minimum absolute atomic E-state index is 0.169. The molecular weight excluding hydrogens is 371 g/mol. The van der Waals surface area contributed by atoms with E-state index in [9.17, 15) is 12.8 Å². The average Bonchev–Trinajstić information content (AvgIpc) is 2.77. The van der Waals surface area contributed by atoms with Crippen LogP contribution in [0.3, 0.4) is 0 Å². The first-order chi connectivity index (χ1) is 9.31. The van der Waals surface area contributed by atoms with Gasteiger partial charge in [-0.05, 0) is 33.6 Å². The summed E-state index contributed by atoms with van der Waals surface area (Å²) in [5.41, 5.74) is 0.823. The van der Waals surface area contributed by atoms with Crippen molar-refractivity contribution in [3.63, 3.8) is 0 Å². The summed E-state index contributed by atoms with van der Waals surface area (Å²) in [5.74, 6) is 0.254. The number of imidazole rings is 1. The third kappa shape index (κ3) is 3.39. The summed E-state index contributed by atoms with van der Waals surface area (Å²) in [5, 5.41) is -0.169. The molecule has 0 radical (unpaired) electrons. The van der Waals surface area contributed by atoms with Gasteiger partial charge in [-0.25, -0.2) is 17.8 Å². The van der Waals surface area contributed by atoms with Gasteiger partial charge < -0.3 is 4.57 Å². The molecule has 0 saturated heterocycles. The fraction of sp³-hybridized carbons (Fsp3) is 0.250. The lowest BCUT2D eigenvalue weighted by Gasteiger charge is -2.07. The molecule has 0 unspecified atom stereocenters. The van der Waals surface area contributed by atoms with E-state index in [1.54, 1.807) is 16.7 Å². The number of benzene rings is 1. The predicted octanol–water partition coefficient (Wildman–Crippen LogP) is 3.32. The molecule has 0 aliphatic carbocycles. The second-order valence-corrected chi connectivity index (χ2v) is 7.53. The van der Waals surface area contributed by atoms with E-state index < -0.39 is 9.05 Å². The first kappa shape index (κ1) is 15.5. The van der Waals surface area contributed by atoms with Gasteiger partial charge in [0.2, 0.25) is 0 Å². The fourth-order valence-electron chi connectivity index (χ4n) is 1.80. The Bertz CT molecular complexity index is 746. The summed E-state index contributed by atoms with van der Waals surface area (Å²) in [6.07, 6.45) is 1.95. The molecule has 0 aliphatic rings. The van der Waals surface area contributed by atoms with Crippen LogP contribution in [0.1, 0.15) is 18.3 Å². The Morgan fingerprint density at radius 1 is 1.45 bits per heavy atom. The van der Waals surface area contributed by atoms with Gasteiger partial charge in [-0.3, -0.25) is 0 Å². The van der Waals surface area contributed by atoms with Crippen LogP contribution in [0.2, 0.25) is 0 Å². The normalized spacial score (nSPS) is 11.8. The molecule has 0 atom stereocenters. The van der Waals surface area contributed by atoms with Gasteiger partial charge in [-0.15, -0.1) is 0 Å². The molecule has 4 nitrogen and oxygen atoms in total. The fourth-order valence-corrected chi connectivity index (χ4v) is 2.92. The average molecular weight is 382 g/mol. The van der Waals surface area contributed by atoms with Crippen LogP contribution in [0, 0.1) is 5.82 Å². The lowest BCUT2D eigenvalue weighted by Crippen LogP contribution is -2.03. The Labute approximate surface area is 129 Å². The van der Waals surface area contributed by atoms with Crippen molar-refractivity contribution < 1.29 is 12.8 Å². The maximum atomic E-state index is 13.2. The van der Waals surface area contributed by atoms with Crippen LogP contribution in [0.4, 0.5) is 4.39 Å². The molecule has 1 aromatic heterocycles. The van der Waals surface area contributed by atoms with Crippen LogP contribution in [0.25, 0.3) is 0 Å². The SMILES string of the molecule is CCc1nc(S(=O)(=O)Cl)cn1Cc1ccc(F)c(Br)c1. The van der Waals surface area contributed by atoms with Gasteiger partial charge >= 0.3 is 0 Å². The summed E-state index contributed by atoms with van der Waals surface area (Å²) >= 11 is 3.12. The van der Waals surface area contributed by atoms with Crippen molar-refractivity contribution in [2.75, 3.05) is 0 Å². The molecule has 0 saturated carbocycles. The summed E-state index contributed by atoms with van der Waals surface area (Å²) in [7, 11) is 1.44. The van der Waals surface area contributed by atoms with Crippen molar-refractivity contribution in [2.45, 2.75) is 24.9 Å². The van der Waals surface area contributed by atoms with Crippen LogP contribution >= 0.6 is 26.6 Å². The molecule has 0 spiro atoms. The highest BCUT2D eigenvalue weighted by molar-refractivity contribution is 9.10. The minimum Gasteiger partial charge on any atom is -0.329 e. The summed E-state index contributed by atoms with van der Waals surface area (Å²) in [6.45, 7) is 2.26. The highest BCUT2D eigenvalue weighted by Crippen LogP contribution is 2.20. The number of hydrogen-bond donors (Lipinski definition) is 0. The summed E-state index contributed by atoms with van der Waals surface area (Å²) in [6, 6.07) is 4.62. The Kier molecular flexibility index (Phi) is 4.51. The van der Waals surface area contributed by atoms with Crippen molar-refractivity contribution in [3.05, 3.63) is 46.1 Å². The molecule has 108 valence electrons. The number of hydrogen-bond acceptors (Lipinski definition) is 3. The van der Waals surface area contributed by atoms with Crippen LogP contribution in [-0.4, -0.2) is 18.0 Å². The maximum absolute atomic E-state index is 13.2. The smallest absolute Gasteiger partial charge is 0.280 e. The van der Waals surface area contributed by atoms with Crippen LogP contribution in [0.5, 0.6) is 0 Å². The van der Waals surface area contributed by atoms with Crippen molar-refractivity contribution in [2.24, 2.45) is 0 Å². The van der Waals surface area contributed by atoms with E-state index in [0.29, 0.717) is 23.3 Å². The highest BCUT2D eigenvalue weighted by atomic mass is 79.9. The van der Waals surface area contributed by atoms with Gasteiger partial charge in [0.1, 0.15) is 11.6 Å². The third-order valence-electron chi connectivity index (χ3n) is 2.74. The zero-order valence-corrected chi connectivity index (χ0v) is 13.6. The van der Waals surface area contributed by atoms with E-state index in [1.807, 2.05) is 6.92 Å². The summed E-state index contributed by atoms with van der Waals surface area (Å²) in [4.78, 5) is 3.99. The largest absolute Gasteiger partial charge is 0.329 e. The zero-order chi connectivity index (χ0) is 14.9. The number of aromatic nitrogens is 2. The summed E-state index contributed by atoms with van der Waals surface area (Å²) < 4.78 is 37.8. The molecule has 0 N–H and O–H groups in total. The third-order valence-corrected chi connectivity index (χ3v) is 4.52. The molecule has 0 amide bonds. The topological polar surface area (TPSA) is 52.0 Å². The molecule has 2 aromatic rings. The van der Waals surface area contributed by atoms with Gasteiger partial charge in [0.25, 0.3) is 9.05 Å². The van der Waals surface area contributed by atoms with E-state index in [2.05, 4.69) is 20.9 Å². The molecule has 1 heterocycles. The van der Waals surface area contributed by atoms with Crippen LogP contribution in [0.15, 0.2) is 33.9 Å². The Balaban J connectivity index is 2.37. The monoisotopic (exact) mass is 380 g/mol. The second kappa shape index (κ2) is 5.83. The van der Waals surface area contributed by atoms with Crippen LogP contribution < -0.4 is 0 Å². The Morgan fingerprint density at radius 3 is 2.70 bits per heavy atom. The van der Waals surface area contributed by atoms with Crippen molar-refractivity contribution in [1.29, 1.82) is 0 Å². The standard InChI is InChI=1S/C12H11BrClFN2O2S/c1-2-11-16-12(20(14,18)19)7-17(11)6-8-3-4-10(15)9(13)5-8/h3-5,7H,2,6H2,1H3. The van der Waals surface area contributed by atoms with E-state index in [4.69, 9.17) is 10.7 Å². The lowest BCUT2D eigenvalue weighted by atomic mass is 10.2. The van der Waals surface area contributed by atoms with Gasteiger partial charge in [0.15, 0.2) is 5.03 Å². The Morgan fingerprint density at radius 2 is 2.15 bits per heavy atom. The number of nitrogens with zero attached hydrogens (tertiary/aromatic N) is 2. The molecule has 0 fully saturated rings. The quantitative estimate of drug-likeness (QED) is 0.763. The first-order valence-corrected chi connectivity index (χ1v) is 8.86. The number of halogens is 3. The maximum Gasteiger partial charge on any atom is 0.280 e. The first-order valence-electron chi connectivity index (χ1n) is 5.76. The molecule has 0 aliphatic heterocycles.